The molecule has 0 spiro atoms. The van der Waals surface area contributed by atoms with Crippen LogP contribution < -0.4 is 15.2 Å². The molecule has 2 aromatic carbocycles. The number of benzene rings is 2. The Kier molecular flexibility index (Phi) is 4.42. The van der Waals surface area contributed by atoms with Crippen LogP contribution in [0.3, 0.4) is 0 Å². The van der Waals surface area contributed by atoms with Crippen molar-refractivity contribution in [3.05, 3.63) is 59.7 Å². The van der Waals surface area contributed by atoms with Crippen LogP contribution in [0.25, 0.3) is 0 Å². The third-order valence-corrected chi connectivity index (χ3v) is 3.33. The molecule has 19 heavy (non-hydrogen) atoms. The van der Waals surface area contributed by atoms with Crippen molar-refractivity contribution in [2.45, 2.75) is 5.92 Å². The van der Waals surface area contributed by atoms with Gasteiger partial charge in [-0.2, -0.15) is 0 Å². The summed E-state index contributed by atoms with van der Waals surface area (Å²) in [6.07, 6.45) is 0. The first kappa shape index (κ1) is 13.4. The van der Waals surface area contributed by atoms with Gasteiger partial charge < -0.3 is 15.2 Å². The van der Waals surface area contributed by atoms with Crippen LogP contribution in [0.2, 0.25) is 0 Å². The SMILES string of the molecule is COc1ccc(C(C[NH3+])c2ccc(OC)cc2)cc1. The Hall–Kier alpha value is -2.00. The van der Waals surface area contributed by atoms with Gasteiger partial charge in [-0.15, -0.1) is 0 Å². The van der Waals surface area contributed by atoms with Crippen LogP contribution in [-0.4, -0.2) is 20.8 Å². The summed E-state index contributed by atoms with van der Waals surface area (Å²) in [5.74, 6) is 2.05. The number of quaternary nitrogens is 1. The van der Waals surface area contributed by atoms with Gasteiger partial charge >= 0.3 is 0 Å². The van der Waals surface area contributed by atoms with E-state index in [1.807, 2.05) is 24.3 Å². The lowest BCUT2D eigenvalue weighted by atomic mass is 9.91. The highest BCUT2D eigenvalue weighted by Crippen LogP contribution is 2.26. The standard InChI is InChI=1S/C16H19NO2/c1-18-14-7-3-12(4-8-14)16(11-17)13-5-9-15(19-2)10-6-13/h3-10,16H,11,17H2,1-2H3/p+1. The molecule has 2 rings (SSSR count). The molecule has 0 radical (unpaired) electrons. The zero-order valence-electron chi connectivity index (χ0n) is 11.4. The van der Waals surface area contributed by atoms with Crippen molar-refractivity contribution in [2.75, 3.05) is 20.8 Å². The van der Waals surface area contributed by atoms with Crippen molar-refractivity contribution in [2.24, 2.45) is 0 Å². The van der Waals surface area contributed by atoms with Crippen molar-refractivity contribution in [3.8, 4) is 11.5 Å². The molecule has 0 aromatic heterocycles. The molecule has 2 aromatic rings. The van der Waals surface area contributed by atoms with Crippen molar-refractivity contribution in [1.29, 1.82) is 0 Å². The molecule has 3 heteroatoms. The molecule has 100 valence electrons. The molecular weight excluding hydrogens is 238 g/mol. The molecule has 0 fully saturated rings. The predicted octanol–water partition coefficient (Wildman–Crippen LogP) is 2.08. The minimum Gasteiger partial charge on any atom is -0.497 e. The second-order valence-electron chi connectivity index (χ2n) is 4.39. The van der Waals surface area contributed by atoms with Crippen LogP contribution in [0.15, 0.2) is 48.5 Å². The first-order chi connectivity index (χ1) is 9.28. The number of hydrogen-bond acceptors (Lipinski definition) is 2. The summed E-state index contributed by atoms with van der Waals surface area (Å²) in [6, 6.07) is 16.3. The molecule has 0 saturated carbocycles. The lowest BCUT2D eigenvalue weighted by Crippen LogP contribution is -2.53. The maximum absolute atomic E-state index is 5.19. The lowest BCUT2D eigenvalue weighted by Gasteiger charge is -2.15. The molecule has 0 aliphatic rings. The molecular formula is C16H20NO2+. The van der Waals surface area contributed by atoms with E-state index in [9.17, 15) is 0 Å². The Morgan fingerprint density at radius 1 is 0.789 bits per heavy atom. The van der Waals surface area contributed by atoms with Gasteiger partial charge in [-0.05, 0) is 35.4 Å². The molecule has 0 atom stereocenters. The van der Waals surface area contributed by atoms with Crippen LogP contribution in [-0.2, 0) is 0 Å². The van der Waals surface area contributed by atoms with Gasteiger partial charge in [0.2, 0.25) is 0 Å². The first-order valence-corrected chi connectivity index (χ1v) is 6.35. The summed E-state index contributed by atoms with van der Waals surface area (Å²) in [6.45, 7) is 0.818. The first-order valence-electron chi connectivity index (χ1n) is 6.35. The van der Waals surface area contributed by atoms with E-state index in [0.29, 0.717) is 5.92 Å². The van der Waals surface area contributed by atoms with E-state index in [1.165, 1.54) is 11.1 Å². The maximum Gasteiger partial charge on any atom is 0.118 e. The minimum absolute atomic E-state index is 0.303. The van der Waals surface area contributed by atoms with Gasteiger partial charge in [0, 0.05) is 0 Å². The van der Waals surface area contributed by atoms with Gasteiger partial charge in [0.25, 0.3) is 0 Å². The Morgan fingerprint density at radius 2 is 1.16 bits per heavy atom. The average molecular weight is 258 g/mol. The Labute approximate surface area is 114 Å². The van der Waals surface area contributed by atoms with Crippen LogP contribution >= 0.6 is 0 Å². The number of methoxy groups -OCH3 is 2. The van der Waals surface area contributed by atoms with E-state index >= 15 is 0 Å². The second-order valence-corrected chi connectivity index (χ2v) is 4.39. The third-order valence-electron chi connectivity index (χ3n) is 3.33. The topological polar surface area (TPSA) is 46.1 Å². The fourth-order valence-corrected chi connectivity index (χ4v) is 2.20. The van der Waals surface area contributed by atoms with E-state index in [4.69, 9.17) is 9.47 Å². The summed E-state index contributed by atoms with van der Waals surface area (Å²) in [5.41, 5.74) is 6.56. The van der Waals surface area contributed by atoms with Crippen LogP contribution in [0.4, 0.5) is 0 Å². The number of rotatable bonds is 5. The summed E-state index contributed by atoms with van der Waals surface area (Å²) < 4.78 is 10.4. The van der Waals surface area contributed by atoms with Crippen molar-refractivity contribution < 1.29 is 15.2 Å². The van der Waals surface area contributed by atoms with Gasteiger partial charge in [0.15, 0.2) is 0 Å². The molecule has 0 bridgehead atoms. The van der Waals surface area contributed by atoms with E-state index in [1.54, 1.807) is 14.2 Å². The zero-order chi connectivity index (χ0) is 13.7. The monoisotopic (exact) mass is 258 g/mol. The van der Waals surface area contributed by atoms with Gasteiger partial charge in [0.05, 0.1) is 26.7 Å². The Bertz CT molecular complexity index is 458. The molecule has 3 N–H and O–H groups in total. The summed E-state index contributed by atoms with van der Waals surface area (Å²) in [4.78, 5) is 0. The summed E-state index contributed by atoms with van der Waals surface area (Å²) >= 11 is 0. The smallest absolute Gasteiger partial charge is 0.118 e. The zero-order valence-corrected chi connectivity index (χ0v) is 11.4. The predicted molar refractivity (Wildman–Crippen MR) is 75.6 cm³/mol. The third kappa shape index (κ3) is 3.06. The maximum atomic E-state index is 5.19. The molecule has 0 aliphatic carbocycles. The molecule has 0 amide bonds. The van der Waals surface area contributed by atoms with Crippen molar-refractivity contribution >= 4 is 0 Å². The Balaban J connectivity index is 2.26. The van der Waals surface area contributed by atoms with E-state index < -0.39 is 0 Å². The largest absolute Gasteiger partial charge is 0.497 e. The van der Waals surface area contributed by atoms with Gasteiger partial charge in [-0.3, -0.25) is 0 Å². The quantitative estimate of drug-likeness (QED) is 0.892. The fourth-order valence-electron chi connectivity index (χ4n) is 2.20. The number of hydrogen-bond donors (Lipinski definition) is 1. The highest BCUT2D eigenvalue weighted by molar-refractivity contribution is 5.38. The highest BCUT2D eigenvalue weighted by atomic mass is 16.5. The normalized spacial score (nSPS) is 10.5. The molecule has 0 unspecified atom stereocenters. The molecule has 3 nitrogen and oxygen atoms in total. The van der Waals surface area contributed by atoms with Crippen LogP contribution in [0.5, 0.6) is 11.5 Å². The van der Waals surface area contributed by atoms with Gasteiger partial charge in [-0.1, -0.05) is 24.3 Å². The molecule has 0 saturated heterocycles. The number of ether oxygens (including phenoxy) is 2. The van der Waals surface area contributed by atoms with E-state index in [2.05, 4.69) is 30.0 Å². The summed E-state index contributed by atoms with van der Waals surface area (Å²) in [7, 11) is 3.36. The summed E-state index contributed by atoms with van der Waals surface area (Å²) in [5, 5.41) is 0. The van der Waals surface area contributed by atoms with Crippen molar-refractivity contribution in [1.82, 2.24) is 0 Å². The van der Waals surface area contributed by atoms with Gasteiger partial charge in [0.1, 0.15) is 11.5 Å². The highest BCUT2D eigenvalue weighted by Gasteiger charge is 2.14. The van der Waals surface area contributed by atoms with Crippen LogP contribution in [0, 0.1) is 0 Å². The second kappa shape index (κ2) is 6.25. The van der Waals surface area contributed by atoms with Crippen LogP contribution in [0.1, 0.15) is 17.0 Å². The molecule has 0 aliphatic heterocycles. The minimum atomic E-state index is 0.303. The van der Waals surface area contributed by atoms with Gasteiger partial charge in [-0.25, -0.2) is 0 Å². The molecule has 0 heterocycles. The van der Waals surface area contributed by atoms with Crippen molar-refractivity contribution in [3.63, 3.8) is 0 Å². The Morgan fingerprint density at radius 3 is 1.42 bits per heavy atom. The van der Waals surface area contributed by atoms with E-state index in [-0.39, 0.29) is 0 Å². The fraction of sp³-hybridized carbons (Fsp3) is 0.250. The lowest BCUT2D eigenvalue weighted by molar-refractivity contribution is -0.370. The average Bonchev–Trinajstić information content (AvgIpc) is 2.49. The van der Waals surface area contributed by atoms with E-state index in [0.717, 1.165) is 18.0 Å².